The first kappa shape index (κ1) is 19.6. The van der Waals surface area contributed by atoms with Crippen molar-refractivity contribution >= 4 is 23.4 Å². The van der Waals surface area contributed by atoms with Crippen molar-refractivity contribution in [3.05, 3.63) is 58.7 Å². The first-order valence-corrected chi connectivity index (χ1v) is 9.18. The van der Waals surface area contributed by atoms with E-state index in [2.05, 4.69) is 5.32 Å². The molecule has 146 valence electrons. The topological polar surface area (TPSA) is 86.7 Å². The number of aryl methyl sites for hydroxylation is 1. The van der Waals surface area contributed by atoms with Crippen molar-refractivity contribution in [2.45, 2.75) is 39.5 Å². The van der Waals surface area contributed by atoms with Crippen molar-refractivity contribution in [3.63, 3.8) is 0 Å². The monoisotopic (exact) mass is 380 g/mol. The zero-order valence-electron chi connectivity index (χ0n) is 16.5. The molecule has 1 heterocycles. The highest BCUT2D eigenvalue weighted by Gasteiger charge is 2.35. The van der Waals surface area contributed by atoms with E-state index >= 15 is 0 Å². The maximum Gasteiger partial charge on any atom is 0.261 e. The number of aromatic hydroxyl groups is 1. The summed E-state index contributed by atoms with van der Waals surface area (Å²) in [6.45, 7) is 7.95. The summed E-state index contributed by atoms with van der Waals surface area (Å²) in [5.74, 6) is -1.17. The van der Waals surface area contributed by atoms with Gasteiger partial charge in [0, 0.05) is 13.0 Å². The third-order valence-electron chi connectivity index (χ3n) is 4.83. The zero-order valence-corrected chi connectivity index (χ0v) is 16.5. The van der Waals surface area contributed by atoms with Crippen molar-refractivity contribution in [1.82, 2.24) is 4.90 Å². The Hall–Kier alpha value is -3.15. The Balaban J connectivity index is 1.67. The fraction of sp³-hybridized carbons (Fsp3) is 0.318. The first-order valence-electron chi connectivity index (χ1n) is 9.18. The van der Waals surface area contributed by atoms with Gasteiger partial charge in [-0.2, -0.15) is 0 Å². The standard InChI is InChI=1S/C22H24N2O4/c1-13-5-7-15-16(11-13)21(28)24(20(15)27)10-9-19(26)23-17-12-14(22(2,3)4)6-8-18(17)25/h5-8,11-12,25H,9-10H2,1-4H3,(H,23,26). The van der Waals surface area contributed by atoms with Gasteiger partial charge in [0.1, 0.15) is 5.75 Å². The largest absolute Gasteiger partial charge is 0.506 e. The van der Waals surface area contributed by atoms with Gasteiger partial charge >= 0.3 is 0 Å². The molecular formula is C22H24N2O4. The number of phenols is 1. The Morgan fingerprint density at radius 1 is 1.04 bits per heavy atom. The van der Waals surface area contributed by atoms with Gasteiger partial charge in [-0.3, -0.25) is 19.3 Å². The summed E-state index contributed by atoms with van der Waals surface area (Å²) in [5, 5.41) is 12.7. The molecule has 0 unspecified atom stereocenters. The van der Waals surface area contributed by atoms with Gasteiger partial charge < -0.3 is 10.4 Å². The zero-order chi connectivity index (χ0) is 20.6. The number of nitrogens with zero attached hydrogens (tertiary/aromatic N) is 1. The summed E-state index contributed by atoms with van der Waals surface area (Å²) in [5.41, 5.74) is 2.79. The Labute approximate surface area is 164 Å². The molecule has 6 heteroatoms. The molecule has 0 aromatic heterocycles. The van der Waals surface area contributed by atoms with Crippen LogP contribution in [0, 0.1) is 6.92 Å². The van der Waals surface area contributed by atoms with Gasteiger partial charge in [0.15, 0.2) is 0 Å². The lowest BCUT2D eigenvalue weighted by Crippen LogP contribution is -2.32. The molecule has 2 aromatic carbocycles. The van der Waals surface area contributed by atoms with Crippen LogP contribution in [0.3, 0.4) is 0 Å². The Morgan fingerprint density at radius 3 is 2.39 bits per heavy atom. The molecule has 0 fully saturated rings. The summed E-state index contributed by atoms with van der Waals surface area (Å²) in [6.07, 6.45) is -0.0519. The van der Waals surface area contributed by atoms with Crippen molar-refractivity contribution in [2.75, 3.05) is 11.9 Å². The number of imide groups is 1. The van der Waals surface area contributed by atoms with Crippen molar-refractivity contribution in [2.24, 2.45) is 0 Å². The van der Waals surface area contributed by atoms with E-state index in [0.29, 0.717) is 16.8 Å². The average molecular weight is 380 g/mol. The van der Waals surface area contributed by atoms with Gasteiger partial charge in [0.2, 0.25) is 5.91 Å². The number of fused-ring (bicyclic) bond motifs is 1. The molecule has 3 amide bonds. The van der Waals surface area contributed by atoms with Gasteiger partial charge in [0.05, 0.1) is 16.8 Å². The lowest BCUT2D eigenvalue weighted by Gasteiger charge is -2.20. The molecule has 0 saturated carbocycles. The normalized spacial score (nSPS) is 13.6. The number of carbonyl (C=O) groups excluding carboxylic acids is 3. The minimum absolute atomic E-state index is 0.0169. The van der Waals surface area contributed by atoms with Gasteiger partial charge in [-0.1, -0.05) is 38.5 Å². The van der Waals surface area contributed by atoms with Crippen LogP contribution in [0.15, 0.2) is 36.4 Å². The average Bonchev–Trinajstić information content (AvgIpc) is 2.84. The van der Waals surface area contributed by atoms with Crippen LogP contribution in [0.4, 0.5) is 5.69 Å². The van der Waals surface area contributed by atoms with Crippen molar-refractivity contribution < 1.29 is 19.5 Å². The molecule has 1 aliphatic rings. The number of nitrogens with one attached hydrogen (secondary N) is 1. The maximum atomic E-state index is 12.5. The molecule has 0 radical (unpaired) electrons. The van der Waals surface area contributed by atoms with Crippen LogP contribution in [0.25, 0.3) is 0 Å². The number of rotatable bonds is 4. The maximum absolute atomic E-state index is 12.5. The van der Waals surface area contributed by atoms with E-state index in [9.17, 15) is 19.5 Å². The molecular weight excluding hydrogens is 356 g/mol. The van der Waals surface area contributed by atoms with E-state index in [4.69, 9.17) is 0 Å². The fourth-order valence-electron chi connectivity index (χ4n) is 3.14. The molecule has 1 aliphatic heterocycles. The molecule has 2 N–H and O–H groups in total. The number of benzene rings is 2. The molecule has 2 aromatic rings. The van der Waals surface area contributed by atoms with E-state index in [1.807, 2.05) is 33.8 Å². The minimum atomic E-state index is -0.384. The number of anilines is 1. The molecule has 0 saturated heterocycles. The quantitative estimate of drug-likeness (QED) is 0.626. The first-order chi connectivity index (χ1) is 13.1. The summed E-state index contributed by atoms with van der Waals surface area (Å²) in [7, 11) is 0. The van der Waals surface area contributed by atoms with Gasteiger partial charge in [-0.25, -0.2) is 0 Å². The molecule has 6 nitrogen and oxygen atoms in total. The SMILES string of the molecule is Cc1ccc2c(c1)C(=O)N(CCC(=O)Nc1cc(C(C)(C)C)ccc1O)C2=O. The van der Waals surface area contributed by atoms with Crippen LogP contribution in [0.2, 0.25) is 0 Å². The number of carbonyl (C=O) groups is 3. The Kier molecular flexibility index (Phi) is 4.98. The van der Waals surface area contributed by atoms with Gasteiger partial charge in [0.25, 0.3) is 11.8 Å². The predicted octanol–water partition coefficient (Wildman–Crippen LogP) is 3.62. The second-order valence-electron chi connectivity index (χ2n) is 8.09. The molecule has 3 rings (SSSR count). The van der Waals surface area contributed by atoms with E-state index in [-0.39, 0.29) is 41.9 Å². The summed E-state index contributed by atoms with van der Waals surface area (Å²) < 4.78 is 0. The van der Waals surface area contributed by atoms with E-state index in [1.54, 1.807) is 30.3 Å². The molecule has 28 heavy (non-hydrogen) atoms. The molecule has 0 atom stereocenters. The van der Waals surface area contributed by atoms with E-state index < -0.39 is 0 Å². The van der Waals surface area contributed by atoms with Crippen molar-refractivity contribution in [3.8, 4) is 5.75 Å². The summed E-state index contributed by atoms with van der Waals surface area (Å²) >= 11 is 0. The van der Waals surface area contributed by atoms with Crippen LogP contribution in [-0.4, -0.2) is 34.3 Å². The highest BCUT2D eigenvalue weighted by Crippen LogP contribution is 2.31. The predicted molar refractivity (Wildman–Crippen MR) is 107 cm³/mol. The smallest absolute Gasteiger partial charge is 0.261 e. The highest BCUT2D eigenvalue weighted by molar-refractivity contribution is 6.21. The summed E-state index contributed by atoms with van der Waals surface area (Å²) in [6, 6.07) is 10.2. The van der Waals surface area contributed by atoms with E-state index in [0.717, 1.165) is 16.0 Å². The second kappa shape index (κ2) is 7.11. The Morgan fingerprint density at radius 2 is 1.71 bits per heavy atom. The number of hydrogen-bond acceptors (Lipinski definition) is 4. The van der Waals surface area contributed by atoms with Crippen LogP contribution in [0.1, 0.15) is 59.0 Å². The number of hydrogen-bond donors (Lipinski definition) is 2. The molecule has 0 spiro atoms. The van der Waals surface area contributed by atoms with Gasteiger partial charge in [-0.05, 0) is 42.2 Å². The second-order valence-corrected chi connectivity index (χ2v) is 8.09. The fourth-order valence-corrected chi connectivity index (χ4v) is 3.14. The highest BCUT2D eigenvalue weighted by atomic mass is 16.3. The van der Waals surface area contributed by atoms with Crippen LogP contribution in [0.5, 0.6) is 5.75 Å². The van der Waals surface area contributed by atoms with Crippen LogP contribution in [-0.2, 0) is 10.2 Å². The molecule has 0 bridgehead atoms. The van der Waals surface area contributed by atoms with Crippen molar-refractivity contribution in [1.29, 1.82) is 0 Å². The lowest BCUT2D eigenvalue weighted by atomic mass is 9.87. The number of phenolic OH excluding ortho intramolecular Hbond substituents is 1. The third-order valence-corrected chi connectivity index (χ3v) is 4.83. The third kappa shape index (κ3) is 3.76. The minimum Gasteiger partial charge on any atom is -0.506 e. The Bertz CT molecular complexity index is 973. The van der Waals surface area contributed by atoms with Gasteiger partial charge in [-0.15, -0.1) is 0 Å². The molecule has 0 aliphatic carbocycles. The van der Waals surface area contributed by atoms with Crippen LogP contribution >= 0.6 is 0 Å². The number of amides is 3. The van der Waals surface area contributed by atoms with Crippen LogP contribution < -0.4 is 5.32 Å². The lowest BCUT2D eigenvalue weighted by molar-refractivity contribution is -0.116. The summed E-state index contributed by atoms with van der Waals surface area (Å²) in [4.78, 5) is 38.3. The van der Waals surface area contributed by atoms with E-state index in [1.165, 1.54) is 0 Å².